The number of hydrogen-bond acceptors (Lipinski definition) is 1. The highest BCUT2D eigenvalue weighted by atomic mass is 19.1. The lowest BCUT2D eigenvalue weighted by Gasteiger charge is -2.14. The predicted molar refractivity (Wildman–Crippen MR) is 60.7 cm³/mol. The van der Waals surface area contributed by atoms with E-state index in [4.69, 9.17) is 0 Å². The number of aryl methyl sites for hydroxylation is 1. The highest BCUT2D eigenvalue weighted by molar-refractivity contribution is 5.23. The maximum Gasteiger partial charge on any atom is 0.127 e. The number of nitrogens with one attached hydrogen (secondary N) is 1. The Labute approximate surface area is 90.7 Å². The Morgan fingerprint density at radius 3 is 2.73 bits per heavy atom. The summed E-state index contributed by atoms with van der Waals surface area (Å²) in [5.74, 6) is 0. The number of halogens is 1. The molecule has 1 aromatic carbocycles. The van der Waals surface area contributed by atoms with Crippen LogP contribution in [0.5, 0.6) is 0 Å². The molecule has 2 rings (SSSR count). The highest BCUT2D eigenvalue weighted by Gasteiger charge is 2.20. The molecule has 2 atom stereocenters. The molecule has 0 amide bonds. The van der Waals surface area contributed by atoms with Gasteiger partial charge in [0, 0.05) is 6.04 Å². The first-order valence-corrected chi connectivity index (χ1v) is 5.70. The van der Waals surface area contributed by atoms with Crippen molar-refractivity contribution < 1.29 is 4.39 Å². The van der Waals surface area contributed by atoms with Crippen LogP contribution in [-0.4, -0.2) is 12.6 Å². The van der Waals surface area contributed by atoms with Crippen LogP contribution in [0.4, 0.5) is 4.39 Å². The molecule has 1 heterocycles. The lowest BCUT2D eigenvalue weighted by atomic mass is 10.0. The van der Waals surface area contributed by atoms with Gasteiger partial charge in [0.05, 0.1) is 0 Å². The van der Waals surface area contributed by atoms with Crippen molar-refractivity contribution in [1.82, 2.24) is 5.32 Å². The summed E-state index contributed by atoms with van der Waals surface area (Å²) in [4.78, 5) is 0. The second-order valence-corrected chi connectivity index (χ2v) is 4.41. The SMILES string of the molecule is Cc1ccc(C(F)CC2CCCN2)cc1. The molecule has 15 heavy (non-hydrogen) atoms. The van der Waals surface area contributed by atoms with Crippen LogP contribution in [0.2, 0.25) is 0 Å². The van der Waals surface area contributed by atoms with Gasteiger partial charge in [0.25, 0.3) is 0 Å². The summed E-state index contributed by atoms with van der Waals surface area (Å²) in [6.07, 6.45) is 2.10. The zero-order chi connectivity index (χ0) is 10.7. The summed E-state index contributed by atoms with van der Waals surface area (Å²) in [6.45, 7) is 3.07. The van der Waals surface area contributed by atoms with Gasteiger partial charge in [-0.2, -0.15) is 0 Å². The molecule has 1 N–H and O–H groups in total. The second-order valence-electron chi connectivity index (χ2n) is 4.41. The van der Waals surface area contributed by atoms with Crippen molar-refractivity contribution in [3.05, 3.63) is 35.4 Å². The Kier molecular flexibility index (Phi) is 3.37. The summed E-state index contributed by atoms with van der Waals surface area (Å²) < 4.78 is 13.9. The Bertz CT molecular complexity index is 301. The first-order valence-electron chi connectivity index (χ1n) is 5.70. The number of hydrogen-bond donors (Lipinski definition) is 1. The molecule has 0 spiro atoms. The van der Waals surface area contributed by atoms with Crippen LogP contribution < -0.4 is 5.32 Å². The number of benzene rings is 1. The third-order valence-electron chi connectivity index (χ3n) is 3.09. The van der Waals surface area contributed by atoms with E-state index in [-0.39, 0.29) is 0 Å². The maximum atomic E-state index is 13.9. The Morgan fingerprint density at radius 2 is 2.13 bits per heavy atom. The molecular weight excluding hydrogens is 189 g/mol. The maximum absolute atomic E-state index is 13.9. The topological polar surface area (TPSA) is 12.0 Å². The van der Waals surface area contributed by atoms with Crippen molar-refractivity contribution in [2.45, 2.75) is 38.4 Å². The van der Waals surface area contributed by atoms with Gasteiger partial charge >= 0.3 is 0 Å². The molecule has 2 heteroatoms. The summed E-state index contributed by atoms with van der Waals surface area (Å²) in [6, 6.07) is 8.12. The molecule has 1 saturated heterocycles. The fraction of sp³-hybridized carbons (Fsp3) is 0.538. The molecule has 82 valence electrons. The largest absolute Gasteiger partial charge is 0.314 e. The summed E-state index contributed by atoms with van der Waals surface area (Å²) in [5, 5.41) is 3.33. The monoisotopic (exact) mass is 207 g/mol. The molecule has 1 fully saturated rings. The van der Waals surface area contributed by atoms with Gasteiger partial charge in [-0.3, -0.25) is 0 Å². The van der Waals surface area contributed by atoms with Gasteiger partial charge in [0.2, 0.25) is 0 Å². The van der Waals surface area contributed by atoms with Crippen molar-refractivity contribution in [2.75, 3.05) is 6.54 Å². The normalized spacial score (nSPS) is 22.9. The zero-order valence-corrected chi connectivity index (χ0v) is 9.17. The Hall–Kier alpha value is -0.890. The van der Waals surface area contributed by atoms with Crippen molar-refractivity contribution in [2.24, 2.45) is 0 Å². The molecular formula is C13H18FN. The molecule has 0 bridgehead atoms. The first-order chi connectivity index (χ1) is 7.25. The molecule has 1 nitrogen and oxygen atoms in total. The second kappa shape index (κ2) is 4.75. The van der Waals surface area contributed by atoms with E-state index in [1.54, 1.807) is 0 Å². The first kappa shape index (κ1) is 10.6. The van der Waals surface area contributed by atoms with E-state index in [1.807, 2.05) is 31.2 Å². The highest BCUT2D eigenvalue weighted by Crippen LogP contribution is 2.25. The summed E-state index contributed by atoms with van der Waals surface area (Å²) >= 11 is 0. The average Bonchev–Trinajstić information content (AvgIpc) is 2.71. The van der Waals surface area contributed by atoms with E-state index in [9.17, 15) is 4.39 Å². The standard InChI is InChI=1S/C13H18FN/c1-10-4-6-11(7-5-10)13(14)9-12-3-2-8-15-12/h4-7,12-13,15H,2-3,8-9H2,1H3. The third kappa shape index (κ3) is 2.78. The smallest absolute Gasteiger partial charge is 0.127 e. The quantitative estimate of drug-likeness (QED) is 0.803. The number of alkyl halides is 1. The van der Waals surface area contributed by atoms with Crippen molar-refractivity contribution in [1.29, 1.82) is 0 Å². The van der Waals surface area contributed by atoms with Crippen LogP contribution in [0.3, 0.4) is 0 Å². The van der Waals surface area contributed by atoms with Crippen molar-refractivity contribution in [3.63, 3.8) is 0 Å². The lowest BCUT2D eigenvalue weighted by molar-refractivity contribution is 0.293. The minimum absolute atomic E-state index is 0.376. The average molecular weight is 207 g/mol. The molecule has 1 aliphatic rings. The van der Waals surface area contributed by atoms with Crippen LogP contribution in [0.15, 0.2) is 24.3 Å². The fourth-order valence-corrected chi connectivity index (χ4v) is 2.12. The molecule has 1 aliphatic heterocycles. The van der Waals surface area contributed by atoms with E-state index in [0.717, 1.165) is 18.5 Å². The Balaban J connectivity index is 1.94. The van der Waals surface area contributed by atoms with E-state index in [1.165, 1.54) is 12.0 Å². The van der Waals surface area contributed by atoms with Crippen molar-refractivity contribution in [3.8, 4) is 0 Å². The molecule has 0 radical (unpaired) electrons. The molecule has 2 unspecified atom stereocenters. The van der Waals surface area contributed by atoms with Gasteiger partial charge in [-0.1, -0.05) is 29.8 Å². The lowest BCUT2D eigenvalue weighted by Crippen LogP contribution is -2.22. The fourth-order valence-electron chi connectivity index (χ4n) is 2.12. The van der Waals surface area contributed by atoms with Crippen LogP contribution >= 0.6 is 0 Å². The van der Waals surface area contributed by atoms with Crippen LogP contribution in [0.1, 0.15) is 36.6 Å². The minimum Gasteiger partial charge on any atom is -0.314 e. The van der Waals surface area contributed by atoms with Gasteiger partial charge in [-0.15, -0.1) is 0 Å². The Morgan fingerprint density at radius 1 is 1.40 bits per heavy atom. The number of rotatable bonds is 3. The van der Waals surface area contributed by atoms with E-state index >= 15 is 0 Å². The zero-order valence-electron chi connectivity index (χ0n) is 9.17. The van der Waals surface area contributed by atoms with Crippen LogP contribution in [0.25, 0.3) is 0 Å². The summed E-state index contributed by atoms with van der Waals surface area (Å²) in [5.41, 5.74) is 2.00. The van der Waals surface area contributed by atoms with Crippen LogP contribution in [-0.2, 0) is 0 Å². The van der Waals surface area contributed by atoms with Gasteiger partial charge < -0.3 is 5.32 Å². The minimum atomic E-state index is -0.818. The van der Waals surface area contributed by atoms with E-state index < -0.39 is 6.17 Å². The van der Waals surface area contributed by atoms with Gasteiger partial charge in [-0.25, -0.2) is 4.39 Å². The van der Waals surface area contributed by atoms with Gasteiger partial charge in [0.1, 0.15) is 6.17 Å². The van der Waals surface area contributed by atoms with Gasteiger partial charge in [-0.05, 0) is 38.3 Å². The van der Waals surface area contributed by atoms with E-state index in [2.05, 4.69) is 5.32 Å². The predicted octanol–water partition coefficient (Wildman–Crippen LogP) is 3.15. The molecule has 0 saturated carbocycles. The van der Waals surface area contributed by atoms with Crippen molar-refractivity contribution >= 4 is 0 Å². The van der Waals surface area contributed by atoms with E-state index in [0.29, 0.717) is 12.5 Å². The molecule has 0 aromatic heterocycles. The molecule has 1 aromatic rings. The third-order valence-corrected chi connectivity index (χ3v) is 3.09. The summed E-state index contributed by atoms with van der Waals surface area (Å²) in [7, 11) is 0. The van der Waals surface area contributed by atoms with Crippen LogP contribution in [0, 0.1) is 6.92 Å². The van der Waals surface area contributed by atoms with Gasteiger partial charge in [0.15, 0.2) is 0 Å². The molecule has 0 aliphatic carbocycles.